The number of aryl methyl sites for hydroxylation is 1. The molecule has 1 aliphatic heterocycles. The van der Waals surface area contributed by atoms with Gasteiger partial charge in [0.2, 0.25) is 0 Å². The van der Waals surface area contributed by atoms with Crippen LogP contribution < -0.4 is 5.32 Å². The first kappa shape index (κ1) is 17.0. The molecule has 0 saturated carbocycles. The Morgan fingerprint density at radius 2 is 1.85 bits per heavy atom. The summed E-state index contributed by atoms with van der Waals surface area (Å²) in [6.45, 7) is 2.69. The van der Waals surface area contributed by atoms with Crippen molar-refractivity contribution in [3.63, 3.8) is 0 Å². The summed E-state index contributed by atoms with van der Waals surface area (Å²) in [5.41, 5.74) is 3.46. The highest BCUT2D eigenvalue weighted by atomic mass is 35.5. The van der Waals surface area contributed by atoms with Crippen molar-refractivity contribution in [2.45, 2.75) is 19.5 Å². The maximum Gasteiger partial charge on any atom is 0.416 e. The van der Waals surface area contributed by atoms with E-state index in [1.54, 1.807) is 4.68 Å². The van der Waals surface area contributed by atoms with Crippen molar-refractivity contribution in [1.82, 2.24) is 9.78 Å². The monoisotopic (exact) mass is 377 g/mol. The Kier molecular flexibility index (Phi) is 3.95. The highest BCUT2D eigenvalue weighted by Gasteiger charge is 2.30. The molecule has 0 bridgehead atoms. The molecule has 0 unspecified atom stereocenters. The van der Waals surface area contributed by atoms with E-state index in [2.05, 4.69) is 10.4 Å². The SMILES string of the molecule is Cc1ccc(-n2nc(-c3ccc(C(F)(F)F)cc3)c3c2NCC3)cc1Cl. The Hall–Kier alpha value is -2.47. The van der Waals surface area contributed by atoms with Crippen LogP contribution in [0.2, 0.25) is 5.02 Å². The van der Waals surface area contributed by atoms with Gasteiger partial charge in [0.05, 0.1) is 16.9 Å². The molecule has 1 aromatic heterocycles. The minimum Gasteiger partial charge on any atom is -0.369 e. The number of aromatic nitrogens is 2. The molecule has 7 heteroatoms. The number of nitrogens with zero attached hydrogens (tertiary/aromatic N) is 2. The zero-order valence-corrected chi connectivity index (χ0v) is 14.6. The van der Waals surface area contributed by atoms with Gasteiger partial charge >= 0.3 is 6.18 Å². The molecule has 4 rings (SSSR count). The van der Waals surface area contributed by atoms with E-state index in [-0.39, 0.29) is 0 Å². The maximum absolute atomic E-state index is 12.8. The van der Waals surface area contributed by atoms with E-state index >= 15 is 0 Å². The number of hydrogen-bond donors (Lipinski definition) is 1. The molecule has 0 radical (unpaired) electrons. The molecule has 3 nitrogen and oxygen atoms in total. The first-order valence-corrected chi connectivity index (χ1v) is 8.52. The fraction of sp³-hybridized carbons (Fsp3) is 0.211. The first-order valence-electron chi connectivity index (χ1n) is 8.14. The molecule has 0 aliphatic carbocycles. The van der Waals surface area contributed by atoms with Gasteiger partial charge in [-0.05, 0) is 43.2 Å². The van der Waals surface area contributed by atoms with E-state index in [0.717, 1.165) is 47.7 Å². The zero-order valence-electron chi connectivity index (χ0n) is 13.9. The lowest BCUT2D eigenvalue weighted by atomic mass is 10.0. The van der Waals surface area contributed by atoms with E-state index in [1.807, 2.05) is 25.1 Å². The number of fused-ring (bicyclic) bond motifs is 1. The summed E-state index contributed by atoms with van der Waals surface area (Å²) in [6.07, 6.45) is -3.58. The van der Waals surface area contributed by atoms with Crippen molar-refractivity contribution < 1.29 is 13.2 Å². The van der Waals surface area contributed by atoms with Crippen LogP contribution in [0.5, 0.6) is 0 Å². The van der Waals surface area contributed by atoms with E-state index in [9.17, 15) is 13.2 Å². The predicted octanol–water partition coefficient (Wildman–Crippen LogP) is 5.49. The third-order valence-electron chi connectivity index (χ3n) is 4.54. The molecule has 0 fully saturated rings. The Labute approximate surface area is 153 Å². The lowest BCUT2D eigenvalue weighted by Crippen LogP contribution is -2.05. The Bertz CT molecular complexity index is 975. The minimum atomic E-state index is -4.35. The summed E-state index contributed by atoms with van der Waals surface area (Å²) in [4.78, 5) is 0. The third-order valence-corrected chi connectivity index (χ3v) is 4.94. The third kappa shape index (κ3) is 2.84. The number of halogens is 4. The smallest absolute Gasteiger partial charge is 0.369 e. The van der Waals surface area contributed by atoms with Gasteiger partial charge in [-0.3, -0.25) is 0 Å². The molecule has 0 saturated heterocycles. The molecular weight excluding hydrogens is 363 g/mol. The highest BCUT2D eigenvalue weighted by Crippen LogP contribution is 2.36. The predicted molar refractivity (Wildman–Crippen MR) is 95.9 cm³/mol. The van der Waals surface area contributed by atoms with Gasteiger partial charge in [-0.25, -0.2) is 4.68 Å². The van der Waals surface area contributed by atoms with Gasteiger partial charge in [0, 0.05) is 22.7 Å². The number of rotatable bonds is 2. The first-order chi connectivity index (χ1) is 12.3. The van der Waals surface area contributed by atoms with Gasteiger partial charge in [-0.15, -0.1) is 0 Å². The van der Waals surface area contributed by atoms with E-state index in [0.29, 0.717) is 16.3 Å². The van der Waals surface area contributed by atoms with Crippen LogP contribution in [0.4, 0.5) is 19.0 Å². The standard InChI is InChI=1S/C19H15ClF3N3/c1-11-2-7-14(10-16(11)20)26-18-15(8-9-24-18)17(25-26)12-3-5-13(6-4-12)19(21,22)23/h2-7,10,24H,8-9H2,1H3. The molecule has 1 N–H and O–H groups in total. The molecule has 2 aromatic carbocycles. The van der Waals surface area contributed by atoms with Crippen molar-refractivity contribution in [2.75, 3.05) is 11.9 Å². The molecule has 26 heavy (non-hydrogen) atoms. The van der Waals surface area contributed by atoms with Crippen LogP contribution in [-0.2, 0) is 12.6 Å². The fourth-order valence-corrected chi connectivity index (χ4v) is 3.30. The summed E-state index contributed by atoms with van der Waals surface area (Å²) >= 11 is 6.23. The van der Waals surface area contributed by atoms with Crippen LogP contribution >= 0.6 is 11.6 Å². The zero-order chi connectivity index (χ0) is 18.5. The van der Waals surface area contributed by atoms with E-state index in [1.165, 1.54) is 12.1 Å². The fourth-order valence-electron chi connectivity index (χ4n) is 3.12. The molecule has 1 aliphatic rings. The summed E-state index contributed by atoms with van der Waals surface area (Å²) in [6, 6.07) is 10.8. The average molecular weight is 378 g/mol. The Morgan fingerprint density at radius 3 is 2.50 bits per heavy atom. The normalized spacial score (nSPS) is 13.6. The number of alkyl halides is 3. The summed E-state index contributed by atoms with van der Waals surface area (Å²) in [5, 5.41) is 8.59. The average Bonchev–Trinajstić information content (AvgIpc) is 3.19. The molecule has 0 amide bonds. The summed E-state index contributed by atoms with van der Waals surface area (Å²) in [7, 11) is 0. The topological polar surface area (TPSA) is 29.9 Å². The van der Waals surface area contributed by atoms with Crippen LogP contribution in [0.25, 0.3) is 16.9 Å². The molecular formula is C19H15ClF3N3. The maximum atomic E-state index is 12.8. The molecule has 3 aromatic rings. The van der Waals surface area contributed by atoms with Crippen molar-refractivity contribution in [2.24, 2.45) is 0 Å². The van der Waals surface area contributed by atoms with Crippen molar-refractivity contribution in [1.29, 1.82) is 0 Å². The quantitative estimate of drug-likeness (QED) is 0.640. The lowest BCUT2D eigenvalue weighted by Gasteiger charge is -2.08. The van der Waals surface area contributed by atoms with Crippen molar-refractivity contribution >= 4 is 17.4 Å². The van der Waals surface area contributed by atoms with Crippen LogP contribution in [0.3, 0.4) is 0 Å². The van der Waals surface area contributed by atoms with Gasteiger partial charge in [-0.2, -0.15) is 18.3 Å². The second-order valence-electron chi connectivity index (χ2n) is 6.27. The highest BCUT2D eigenvalue weighted by molar-refractivity contribution is 6.31. The number of benzene rings is 2. The van der Waals surface area contributed by atoms with Crippen LogP contribution in [-0.4, -0.2) is 16.3 Å². The number of anilines is 1. The van der Waals surface area contributed by atoms with Crippen LogP contribution in [0.15, 0.2) is 42.5 Å². The van der Waals surface area contributed by atoms with E-state index < -0.39 is 11.7 Å². The molecule has 0 spiro atoms. The van der Waals surface area contributed by atoms with E-state index in [4.69, 9.17) is 11.6 Å². The van der Waals surface area contributed by atoms with Crippen molar-refractivity contribution in [3.05, 3.63) is 64.2 Å². The summed E-state index contributed by atoms with van der Waals surface area (Å²) < 4.78 is 40.2. The van der Waals surface area contributed by atoms with Crippen LogP contribution in [0.1, 0.15) is 16.7 Å². The minimum absolute atomic E-state index is 0.640. The summed E-state index contributed by atoms with van der Waals surface area (Å²) in [5.74, 6) is 0.861. The van der Waals surface area contributed by atoms with Crippen LogP contribution in [0, 0.1) is 6.92 Å². The Morgan fingerprint density at radius 1 is 1.12 bits per heavy atom. The van der Waals surface area contributed by atoms with Crippen molar-refractivity contribution in [3.8, 4) is 16.9 Å². The second-order valence-corrected chi connectivity index (χ2v) is 6.68. The van der Waals surface area contributed by atoms with Gasteiger partial charge in [0.25, 0.3) is 0 Å². The van der Waals surface area contributed by atoms with Gasteiger partial charge < -0.3 is 5.32 Å². The number of nitrogens with one attached hydrogen (secondary N) is 1. The molecule has 134 valence electrons. The molecule has 0 atom stereocenters. The van der Waals surface area contributed by atoms with Gasteiger partial charge in [0.1, 0.15) is 5.82 Å². The number of hydrogen-bond acceptors (Lipinski definition) is 2. The Balaban J connectivity index is 1.80. The van der Waals surface area contributed by atoms with Gasteiger partial charge in [0.15, 0.2) is 0 Å². The van der Waals surface area contributed by atoms with Gasteiger partial charge in [-0.1, -0.05) is 29.8 Å². The molecule has 2 heterocycles. The lowest BCUT2D eigenvalue weighted by molar-refractivity contribution is -0.137. The largest absolute Gasteiger partial charge is 0.416 e. The second kappa shape index (κ2) is 6.06.